The van der Waals surface area contributed by atoms with Gasteiger partial charge in [-0.25, -0.2) is 4.79 Å². The zero-order valence-electron chi connectivity index (χ0n) is 11.1. The minimum Gasteiger partial charge on any atom is -0.480 e. The molecular weight excluding hydrogens is 248 g/mol. The summed E-state index contributed by atoms with van der Waals surface area (Å²) in [7, 11) is 0. The summed E-state index contributed by atoms with van der Waals surface area (Å²) < 4.78 is 4.83. The molecule has 1 fully saturated rings. The Bertz CT molecular complexity index is 497. The molecule has 1 aromatic heterocycles. The molecule has 6 nitrogen and oxygen atoms in total. The lowest BCUT2D eigenvalue weighted by Crippen LogP contribution is -2.56. The van der Waals surface area contributed by atoms with Crippen LogP contribution >= 0.6 is 0 Å². The number of carboxylic acid groups (broad SMARTS) is 1. The van der Waals surface area contributed by atoms with Crippen LogP contribution in [0.4, 0.5) is 0 Å². The number of hydrogen-bond acceptors (Lipinski definition) is 4. The molecule has 6 heteroatoms. The van der Waals surface area contributed by atoms with Gasteiger partial charge < -0.3 is 14.9 Å². The van der Waals surface area contributed by atoms with Gasteiger partial charge in [0.1, 0.15) is 11.3 Å². The van der Waals surface area contributed by atoms with Crippen molar-refractivity contribution in [2.45, 2.75) is 45.1 Å². The largest absolute Gasteiger partial charge is 0.480 e. The van der Waals surface area contributed by atoms with Gasteiger partial charge in [0.2, 0.25) is 0 Å². The van der Waals surface area contributed by atoms with Crippen molar-refractivity contribution in [1.29, 1.82) is 0 Å². The van der Waals surface area contributed by atoms with Gasteiger partial charge in [0, 0.05) is 6.07 Å². The van der Waals surface area contributed by atoms with Gasteiger partial charge in [-0.2, -0.15) is 0 Å². The number of aromatic nitrogens is 1. The summed E-state index contributed by atoms with van der Waals surface area (Å²) in [6.45, 7) is 3.68. The molecule has 2 rings (SSSR count). The van der Waals surface area contributed by atoms with E-state index in [1.807, 2.05) is 6.92 Å². The molecule has 2 unspecified atom stereocenters. The molecule has 0 aromatic carbocycles. The van der Waals surface area contributed by atoms with E-state index >= 15 is 0 Å². The average molecular weight is 266 g/mol. The Balaban J connectivity index is 2.17. The first kappa shape index (κ1) is 13.6. The van der Waals surface area contributed by atoms with Gasteiger partial charge in [0.05, 0.1) is 0 Å². The quantitative estimate of drug-likeness (QED) is 0.869. The summed E-state index contributed by atoms with van der Waals surface area (Å²) in [4.78, 5) is 23.6. The van der Waals surface area contributed by atoms with Crippen molar-refractivity contribution in [3.8, 4) is 0 Å². The second kappa shape index (κ2) is 5.03. The van der Waals surface area contributed by atoms with Crippen LogP contribution in [-0.4, -0.2) is 27.7 Å². The summed E-state index contributed by atoms with van der Waals surface area (Å²) in [5.74, 6) is -0.670. The number of amides is 1. The van der Waals surface area contributed by atoms with Crippen molar-refractivity contribution in [2.24, 2.45) is 5.92 Å². The van der Waals surface area contributed by atoms with E-state index in [9.17, 15) is 14.7 Å². The van der Waals surface area contributed by atoms with Crippen molar-refractivity contribution in [2.75, 3.05) is 0 Å². The SMILES string of the molecule is Cc1cc(C(=O)NC2(C(=O)O)CCCC(C)C2)no1. The lowest BCUT2D eigenvalue weighted by molar-refractivity contribution is -0.146. The van der Waals surface area contributed by atoms with Gasteiger partial charge in [-0.3, -0.25) is 4.79 Å². The normalized spacial score (nSPS) is 26.9. The minimum atomic E-state index is -1.18. The summed E-state index contributed by atoms with van der Waals surface area (Å²) in [6, 6.07) is 1.50. The van der Waals surface area contributed by atoms with Gasteiger partial charge >= 0.3 is 5.97 Å². The first-order valence-corrected chi connectivity index (χ1v) is 6.42. The van der Waals surface area contributed by atoms with E-state index in [2.05, 4.69) is 10.5 Å². The third-order valence-electron chi connectivity index (χ3n) is 3.62. The zero-order valence-corrected chi connectivity index (χ0v) is 11.1. The molecule has 19 heavy (non-hydrogen) atoms. The summed E-state index contributed by atoms with van der Waals surface area (Å²) >= 11 is 0. The molecule has 0 saturated heterocycles. The lowest BCUT2D eigenvalue weighted by atomic mass is 9.76. The molecule has 0 aliphatic heterocycles. The van der Waals surface area contributed by atoms with Gasteiger partial charge in [-0.05, 0) is 25.7 Å². The van der Waals surface area contributed by atoms with E-state index in [-0.39, 0.29) is 11.6 Å². The van der Waals surface area contributed by atoms with Crippen LogP contribution < -0.4 is 5.32 Å². The Hall–Kier alpha value is -1.85. The molecule has 1 amide bonds. The van der Waals surface area contributed by atoms with Crippen LogP contribution in [0.25, 0.3) is 0 Å². The minimum absolute atomic E-state index is 0.122. The molecule has 0 radical (unpaired) electrons. The second-order valence-corrected chi connectivity index (χ2v) is 5.37. The van der Waals surface area contributed by atoms with E-state index < -0.39 is 17.4 Å². The predicted octanol–water partition coefficient (Wildman–Crippen LogP) is 1.75. The summed E-state index contributed by atoms with van der Waals surface area (Å²) in [5, 5.41) is 15.7. The number of nitrogens with one attached hydrogen (secondary N) is 1. The molecular formula is C13H18N2O4. The highest BCUT2D eigenvalue weighted by Crippen LogP contribution is 2.32. The third-order valence-corrected chi connectivity index (χ3v) is 3.62. The molecule has 1 heterocycles. The molecule has 0 spiro atoms. The Kier molecular flexibility index (Phi) is 3.59. The number of rotatable bonds is 3. The van der Waals surface area contributed by atoms with Crippen LogP contribution in [-0.2, 0) is 4.79 Å². The molecule has 1 aromatic rings. The van der Waals surface area contributed by atoms with E-state index in [1.54, 1.807) is 6.92 Å². The third kappa shape index (κ3) is 2.77. The van der Waals surface area contributed by atoms with Crippen LogP contribution in [0.1, 0.15) is 48.9 Å². The highest BCUT2D eigenvalue weighted by molar-refractivity contribution is 5.96. The first-order chi connectivity index (χ1) is 8.93. The fourth-order valence-corrected chi connectivity index (χ4v) is 2.67. The van der Waals surface area contributed by atoms with E-state index in [4.69, 9.17) is 4.52 Å². The predicted molar refractivity (Wildman–Crippen MR) is 66.7 cm³/mol. The molecule has 2 atom stereocenters. The van der Waals surface area contributed by atoms with E-state index in [0.717, 1.165) is 12.8 Å². The second-order valence-electron chi connectivity index (χ2n) is 5.37. The maximum Gasteiger partial charge on any atom is 0.329 e. The number of carbonyl (C=O) groups excluding carboxylic acids is 1. The molecule has 1 aliphatic carbocycles. The van der Waals surface area contributed by atoms with Crippen molar-refractivity contribution in [3.05, 3.63) is 17.5 Å². The van der Waals surface area contributed by atoms with Crippen molar-refractivity contribution >= 4 is 11.9 Å². The van der Waals surface area contributed by atoms with Crippen molar-refractivity contribution in [1.82, 2.24) is 10.5 Å². The summed E-state index contributed by atoms with van der Waals surface area (Å²) in [6.07, 6.45) is 2.69. The number of carbonyl (C=O) groups is 2. The first-order valence-electron chi connectivity index (χ1n) is 6.42. The Morgan fingerprint density at radius 1 is 1.58 bits per heavy atom. The van der Waals surface area contributed by atoms with Crippen LogP contribution in [0, 0.1) is 12.8 Å². The van der Waals surface area contributed by atoms with Crippen molar-refractivity contribution < 1.29 is 19.2 Å². The molecule has 104 valence electrons. The Morgan fingerprint density at radius 3 is 2.84 bits per heavy atom. The molecule has 1 aliphatic rings. The van der Waals surface area contributed by atoms with Crippen LogP contribution in [0.3, 0.4) is 0 Å². The highest BCUT2D eigenvalue weighted by Gasteiger charge is 2.43. The van der Waals surface area contributed by atoms with Gasteiger partial charge in [-0.1, -0.05) is 24.9 Å². The van der Waals surface area contributed by atoms with Gasteiger partial charge in [0.15, 0.2) is 5.69 Å². The maximum atomic E-state index is 12.0. The number of hydrogen-bond donors (Lipinski definition) is 2. The van der Waals surface area contributed by atoms with Crippen molar-refractivity contribution in [3.63, 3.8) is 0 Å². The number of aryl methyl sites for hydroxylation is 1. The topological polar surface area (TPSA) is 92.4 Å². The average Bonchev–Trinajstić information content (AvgIpc) is 2.75. The molecule has 0 bridgehead atoms. The highest BCUT2D eigenvalue weighted by atomic mass is 16.5. The van der Waals surface area contributed by atoms with Gasteiger partial charge in [0.25, 0.3) is 5.91 Å². The fourth-order valence-electron chi connectivity index (χ4n) is 2.67. The fraction of sp³-hybridized carbons (Fsp3) is 0.615. The zero-order chi connectivity index (χ0) is 14.0. The smallest absolute Gasteiger partial charge is 0.329 e. The van der Waals surface area contributed by atoms with Crippen LogP contribution in [0.5, 0.6) is 0 Å². The maximum absolute atomic E-state index is 12.0. The molecule has 1 saturated carbocycles. The number of carboxylic acids is 1. The van der Waals surface area contributed by atoms with Gasteiger partial charge in [-0.15, -0.1) is 0 Å². The lowest BCUT2D eigenvalue weighted by Gasteiger charge is -2.36. The number of aliphatic carboxylic acids is 1. The number of nitrogens with zero attached hydrogens (tertiary/aromatic N) is 1. The molecule has 2 N–H and O–H groups in total. The standard InChI is InChI=1S/C13H18N2O4/c1-8-4-3-5-13(7-8,12(17)18)14-11(16)10-6-9(2)19-15-10/h6,8H,3-5,7H2,1-2H3,(H,14,16)(H,17,18). The van der Waals surface area contributed by atoms with Crippen LogP contribution in [0.15, 0.2) is 10.6 Å². The summed E-state index contributed by atoms with van der Waals surface area (Å²) in [5.41, 5.74) is -1.06. The monoisotopic (exact) mass is 266 g/mol. The Morgan fingerprint density at radius 2 is 2.32 bits per heavy atom. The van der Waals surface area contributed by atoms with E-state index in [1.165, 1.54) is 6.07 Å². The van der Waals surface area contributed by atoms with E-state index in [0.29, 0.717) is 18.6 Å². The van der Waals surface area contributed by atoms with Crippen LogP contribution in [0.2, 0.25) is 0 Å². The Labute approximate surface area is 111 Å².